The normalized spacial score (nSPS) is 41.5. The van der Waals surface area contributed by atoms with Crippen LogP contribution in [0.5, 0.6) is 0 Å². The molecule has 1 N–H and O–H groups in total. The first kappa shape index (κ1) is 9.81. The van der Waals surface area contributed by atoms with Crippen molar-refractivity contribution in [1.29, 1.82) is 0 Å². The van der Waals surface area contributed by atoms with Crippen LogP contribution in [0.25, 0.3) is 0 Å². The molecule has 0 bridgehead atoms. The summed E-state index contributed by atoms with van der Waals surface area (Å²) < 4.78 is 0. The van der Waals surface area contributed by atoms with Crippen LogP contribution in [-0.4, -0.2) is 48.1 Å². The van der Waals surface area contributed by atoms with Crippen LogP contribution in [0.4, 0.5) is 0 Å². The van der Waals surface area contributed by atoms with Gasteiger partial charge in [-0.15, -0.1) is 0 Å². The Labute approximate surface area is 85.4 Å². The zero-order chi connectivity index (χ0) is 9.26. The molecule has 0 radical (unpaired) electrons. The highest BCUT2D eigenvalue weighted by Crippen LogP contribution is 2.21. The SMILES string of the molecule is CC1CC(NC2CCSC2)CN1C. The summed E-state index contributed by atoms with van der Waals surface area (Å²) in [5.41, 5.74) is 0. The standard InChI is InChI=1S/C10H20N2S/c1-8-5-10(6-12(8)2)11-9-3-4-13-7-9/h8-11H,3-7H2,1-2H3. The summed E-state index contributed by atoms with van der Waals surface area (Å²) in [7, 11) is 2.23. The topological polar surface area (TPSA) is 15.3 Å². The van der Waals surface area contributed by atoms with Gasteiger partial charge in [0, 0.05) is 30.4 Å². The molecule has 76 valence electrons. The maximum atomic E-state index is 3.78. The van der Waals surface area contributed by atoms with Crippen molar-refractivity contribution in [3.05, 3.63) is 0 Å². The highest BCUT2D eigenvalue weighted by Gasteiger charge is 2.28. The van der Waals surface area contributed by atoms with Gasteiger partial charge in [-0.25, -0.2) is 0 Å². The number of nitrogens with one attached hydrogen (secondary N) is 1. The molecule has 3 atom stereocenters. The molecule has 0 spiro atoms. The Morgan fingerprint density at radius 1 is 1.38 bits per heavy atom. The summed E-state index contributed by atoms with van der Waals surface area (Å²) in [6, 6.07) is 2.32. The van der Waals surface area contributed by atoms with Crippen LogP contribution in [-0.2, 0) is 0 Å². The van der Waals surface area contributed by atoms with E-state index < -0.39 is 0 Å². The van der Waals surface area contributed by atoms with Gasteiger partial charge >= 0.3 is 0 Å². The Kier molecular flexibility index (Phi) is 3.17. The summed E-state index contributed by atoms with van der Waals surface area (Å²) in [6.45, 7) is 3.56. The Morgan fingerprint density at radius 3 is 2.77 bits per heavy atom. The van der Waals surface area contributed by atoms with Crippen LogP contribution in [0.2, 0.25) is 0 Å². The van der Waals surface area contributed by atoms with Gasteiger partial charge in [0.05, 0.1) is 0 Å². The van der Waals surface area contributed by atoms with Gasteiger partial charge in [0.15, 0.2) is 0 Å². The molecule has 13 heavy (non-hydrogen) atoms. The third kappa shape index (κ3) is 2.39. The van der Waals surface area contributed by atoms with E-state index in [1.54, 1.807) is 0 Å². The van der Waals surface area contributed by atoms with E-state index in [0.717, 1.165) is 18.1 Å². The molecule has 2 heterocycles. The Balaban J connectivity index is 1.76. The molecule has 3 heteroatoms. The molecule has 2 saturated heterocycles. The van der Waals surface area contributed by atoms with Gasteiger partial charge in [0.2, 0.25) is 0 Å². The van der Waals surface area contributed by atoms with E-state index >= 15 is 0 Å². The first-order valence-electron chi connectivity index (χ1n) is 5.29. The summed E-state index contributed by atoms with van der Waals surface area (Å²) >= 11 is 2.09. The minimum absolute atomic E-state index is 0.753. The number of nitrogens with zero attached hydrogens (tertiary/aromatic N) is 1. The van der Waals surface area contributed by atoms with Gasteiger partial charge in [0.25, 0.3) is 0 Å². The first-order valence-corrected chi connectivity index (χ1v) is 6.45. The van der Waals surface area contributed by atoms with E-state index in [2.05, 4.69) is 35.9 Å². The lowest BCUT2D eigenvalue weighted by Crippen LogP contribution is -2.39. The maximum absolute atomic E-state index is 3.78. The molecule has 2 nitrogen and oxygen atoms in total. The lowest BCUT2D eigenvalue weighted by Gasteiger charge is -2.17. The van der Waals surface area contributed by atoms with E-state index in [1.165, 1.54) is 30.9 Å². The van der Waals surface area contributed by atoms with Crippen molar-refractivity contribution in [2.45, 2.75) is 37.9 Å². The number of likely N-dealkylation sites (tertiary alicyclic amines) is 1. The lowest BCUT2D eigenvalue weighted by molar-refractivity contribution is 0.325. The van der Waals surface area contributed by atoms with Gasteiger partial charge in [-0.1, -0.05) is 0 Å². The molecule has 0 aromatic carbocycles. The summed E-state index contributed by atoms with van der Waals surface area (Å²) in [4.78, 5) is 2.46. The molecule has 0 aliphatic carbocycles. The number of likely N-dealkylation sites (N-methyl/N-ethyl adjacent to an activating group) is 1. The average molecular weight is 200 g/mol. The van der Waals surface area contributed by atoms with Crippen LogP contribution in [0, 0.1) is 0 Å². The monoisotopic (exact) mass is 200 g/mol. The second-order valence-corrected chi connectivity index (χ2v) is 5.60. The molecular formula is C10H20N2S. The van der Waals surface area contributed by atoms with E-state index in [1.807, 2.05) is 0 Å². The number of hydrogen-bond donors (Lipinski definition) is 1. The van der Waals surface area contributed by atoms with E-state index in [0.29, 0.717) is 0 Å². The molecule has 0 aromatic heterocycles. The summed E-state index contributed by atoms with van der Waals surface area (Å²) in [6.07, 6.45) is 2.71. The molecule has 2 aliphatic heterocycles. The minimum Gasteiger partial charge on any atom is -0.309 e. The zero-order valence-corrected chi connectivity index (χ0v) is 9.44. The predicted molar refractivity (Wildman–Crippen MR) is 59.4 cm³/mol. The maximum Gasteiger partial charge on any atom is 0.0212 e. The van der Waals surface area contributed by atoms with Crippen LogP contribution >= 0.6 is 11.8 Å². The molecule has 0 amide bonds. The first-order chi connectivity index (χ1) is 6.25. The van der Waals surface area contributed by atoms with Crippen LogP contribution < -0.4 is 5.32 Å². The van der Waals surface area contributed by atoms with Crippen molar-refractivity contribution >= 4 is 11.8 Å². The quantitative estimate of drug-likeness (QED) is 0.720. The van der Waals surface area contributed by atoms with Crippen LogP contribution in [0.1, 0.15) is 19.8 Å². The largest absolute Gasteiger partial charge is 0.309 e. The molecule has 3 unspecified atom stereocenters. The van der Waals surface area contributed by atoms with Crippen molar-refractivity contribution in [3.8, 4) is 0 Å². The van der Waals surface area contributed by atoms with E-state index in [9.17, 15) is 0 Å². The predicted octanol–water partition coefficient (Wildman–Crippen LogP) is 1.17. The Morgan fingerprint density at radius 2 is 2.23 bits per heavy atom. The lowest BCUT2D eigenvalue weighted by atomic mass is 10.1. The number of thioether (sulfide) groups is 1. The fraction of sp³-hybridized carbons (Fsp3) is 1.00. The van der Waals surface area contributed by atoms with E-state index in [-0.39, 0.29) is 0 Å². The fourth-order valence-corrected chi connectivity index (χ4v) is 3.48. The highest BCUT2D eigenvalue weighted by atomic mass is 32.2. The number of hydrogen-bond acceptors (Lipinski definition) is 3. The third-order valence-corrected chi connectivity index (χ3v) is 4.45. The van der Waals surface area contributed by atoms with Gasteiger partial charge in [-0.2, -0.15) is 11.8 Å². The van der Waals surface area contributed by atoms with Gasteiger partial charge in [-0.3, -0.25) is 0 Å². The van der Waals surface area contributed by atoms with Crippen molar-refractivity contribution in [2.75, 3.05) is 25.1 Å². The second-order valence-electron chi connectivity index (χ2n) is 4.45. The minimum atomic E-state index is 0.753. The van der Waals surface area contributed by atoms with Crippen molar-refractivity contribution < 1.29 is 0 Å². The van der Waals surface area contributed by atoms with Gasteiger partial charge in [0.1, 0.15) is 0 Å². The second kappa shape index (κ2) is 4.20. The van der Waals surface area contributed by atoms with Gasteiger partial charge < -0.3 is 10.2 Å². The van der Waals surface area contributed by atoms with Gasteiger partial charge in [-0.05, 0) is 32.6 Å². The van der Waals surface area contributed by atoms with E-state index in [4.69, 9.17) is 0 Å². The molecule has 2 aliphatic rings. The van der Waals surface area contributed by atoms with Crippen LogP contribution in [0.3, 0.4) is 0 Å². The summed E-state index contributed by atoms with van der Waals surface area (Å²) in [5, 5.41) is 3.78. The third-order valence-electron chi connectivity index (χ3n) is 3.29. The molecule has 2 fully saturated rings. The number of rotatable bonds is 2. The molecule has 0 aromatic rings. The smallest absolute Gasteiger partial charge is 0.0212 e. The summed E-state index contributed by atoms with van der Waals surface area (Å²) in [5.74, 6) is 2.68. The Hall–Kier alpha value is 0.270. The fourth-order valence-electron chi connectivity index (χ4n) is 2.31. The van der Waals surface area contributed by atoms with Crippen molar-refractivity contribution in [1.82, 2.24) is 10.2 Å². The van der Waals surface area contributed by atoms with Crippen molar-refractivity contribution in [3.63, 3.8) is 0 Å². The highest BCUT2D eigenvalue weighted by molar-refractivity contribution is 7.99. The zero-order valence-electron chi connectivity index (χ0n) is 8.62. The molecule has 2 rings (SSSR count). The molecular weight excluding hydrogens is 180 g/mol. The van der Waals surface area contributed by atoms with Crippen LogP contribution in [0.15, 0.2) is 0 Å². The average Bonchev–Trinajstić information content (AvgIpc) is 2.64. The molecule has 0 saturated carbocycles. The Bertz CT molecular complexity index is 158. The van der Waals surface area contributed by atoms with Crippen molar-refractivity contribution in [2.24, 2.45) is 0 Å².